The number of carbonyl (C=O) groups excluding carboxylic acids is 1. The van der Waals surface area contributed by atoms with Gasteiger partial charge >= 0.3 is 0 Å². The van der Waals surface area contributed by atoms with Gasteiger partial charge in [-0.05, 0) is 23.1 Å². The van der Waals surface area contributed by atoms with E-state index in [0.29, 0.717) is 10.6 Å². The number of amides is 1. The topological polar surface area (TPSA) is 66.5 Å². The number of benzene rings is 1. The van der Waals surface area contributed by atoms with E-state index in [9.17, 15) is 13.2 Å². The Hall–Kier alpha value is -1.41. The number of rotatable bonds is 3. The molecular formula is C14H13ClN2O3S2. The molecule has 0 bridgehead atoms. The molecular weight excluding hydrogens is 344 g/mol. The van der Waals surface area contributed by atoms with E-state index >= 15 is 0 Å². The van der Waals surface area contributed by atoms with E-state index in [-0.39, 0.29) is 23.2 Å². The van der Waals surface area contributed by atoms with Crippen LogP contribution in [0.15, 0.2) is 46.0 Å². The third-order valence-corrected chi connectivity index (χ3v) is 7.01. The number of nitrogens with one attached hydrogen (secondary N) is 1. The van der Waals surface area contributed by atoms with Crippen LogP contribution in [0.5, 0.6) is 0 Å². The smallest absolute Gasteiger partial charge is 0.253 e. The van der Waals surface area contributed by atoms with Crippen molar-refractivity contribution < 1.29 is 13.2 Å². The van der Waals surface area contributed by atoms with E-state index in [4.69, 9.17) is 11.6 Å². The van der Waals surface area contributed by atoms with Gasteiger partial charge in [-0.3, -0.25) is 4.79 Å². The summed E-state index contributed by atoms with van der Waals surface area (Å²) in [6.45, 7) is 0.492. The van der Waals surface area contributed by atoms with E-state index in [1.165, 1.54) is 10.4 Å². The molecule has 0 radical (unpaired) electrons. The zero-order chi connectivity index (χ0) is 15.7. The Morgan fingerprint density at radius 3 is 2.68 bits per heavy atom. The number of halogens is 1. The Labute approximate surface area is 137 Å². The van der Waals surface area contributed by atoms with Gasteiger partial charge < -0.3 is 5.32 Å². The van der Waals surface area contributed by atoms with Crippen LogP contribution in [-0.2, 0) is 14.8 Å². The minimum absolute atomic E-state index is 0.210. The van der Waals surface area contributed by atoms with Crippen LogP contribution in [-0.4, -0.2) is 31.7 Å². The van der Waals surface area contributed by atoms with Crippen molar-refractivity contribution in [2.24, 2.45) is 0 Å². The lowest BCUT2D eigenvalue weighted by molar-refractivity contribution is -0.126. The van der Waals surface area contributed by atoms with E-state index in [1.807, 2.05) is 0 Å². The van der Waals surface area contributed by atoms with Crippen molar-refractivity contribution in [2.45, 2.75) is 10.3 Å². The first kappa shape index (κ1) is 15.5. The molecule has 1 fully saturated rings. The monoisotopic (exact) mass is 356 g/mol. The van der Waals surface area contributed by atoms with E-state index in [0.717, 1.165) is 11.3 Å². The maximum atomic E-state index is 12.8. The third-order valence-electron chi connectivity index (χ3n) is 3.43. The summed E-state index contributed by atoms with van der Waals surface area (Å²) < 4.78 is 27.0. The van der Waals surface area contributed by atoms with Gasteiger partial charge in [-0.1, -0.05) is 35.9 Å². The molecule has 1 amide bonds. The van der Waals surface area contributed by atoms with E-state index in [1.54, 1.807) is 35.7 Å². The minimum atomic E-state index is -3.73. The van der Waals surface area contributed by atoms with Gasteiger partial charge in [0.1, 0.15) is 10.3 Å². The fourth-order valence-corrected chi connectivity index (χ4v) is 5.35. The summed E-state index contributed by atoms with van der Waals surface area (Å²) in [6.07, 6.45) is 0. The highest BCUT2D eigenvalue weighted by molar-refractivity contribution is 7.91. The van der Waals surface area contributed by atoms with Gasteiger partial charge in [0.25, 0.3) is 10.0 Å². The van der Waals surface area contributed by atoms with Gasteiger partial charge in [0.2, 0.25) is 5.91 Å². The molecule has 8 heteroatoms. The summed E-state index contributed by atoms with van der Waals surface area (Å²) in [5.74, 6) is -0.362. The van der Waals surface area contributed by atoms with Crippen molar-refractivity contribution in [1.29, 1.82) is 0 Å². The zero-order valence-corrected chi connectivity index (χ0v) is 13.8. The summed E-state index contributed by atoms with van der Waals surface area (Å²) in [6, 6.07) is 9.06. The van der Waals surface area contributed by atoms with Crippen LogP contribution >= 0.6 is 22.9 Å². The summed E-state index contributed by atoms with van der Waals surface area (Å²) in [5, 5.41) is 4.77. The van der Waals surface area contributed by atoms with Crippen molar-refractivity contribution in [3.05, 3.63) is 52.4 Å². The number of nitrogens with zero attached hydrogens (tertiary/aromatic N) is 1. The lowest BCUT2D eigenvalue weighted by Crippen LogP contribution is -2.52. The second-order valence-corrected chi connectivity index (χ2v) is 8.24. The van der Waals surface area contributed by atoms with Crippen LogP contribution in [0, 0.1) is 0 Å². The molecule has 1 aromatic heterocycles. The first-order valence-corrected chi connectivity index (χ1v) is 9.29. The number of hydrogen-bond acceptors (Lipinski definition) is 4. The highest BCUT2D eigenvalue weighted by atomic mass is 35.5. The van der Waals surface area contributed by atoms with Gasteiger partial charge in [-0.2, -0.15) is 4.31 Å². The van der Waals surface area contributed by atoms with Gasteiger partial charge in [0.15, 0.2) is 0 Å². The Morgan fingerprint density at radius 1 is 1.23 bits per heavy atom. The predicted octanol–water partition coefficient (Wildman–Crippen LogP) is 2.26. The first-order valence-electron chi connectivity index (χ1n) is 6.59. The molecule has 0 aliphatic carbocycles. The Balaban J connectivity index is 2.09. The van der Waals surface area contributed by atoms with Crippen molar-refractivity contribution in [1.82, 2.24) is 9.62 Å². The third kappa shape index (κ3) is 2.65. The second kappa shape index (κ2) is 6.00. The maximum absolute atomic E-state index is 12.8. The van der Waals surface area contributed by atoms with Crippen LogP contribution in [0.3, 0.4) is 0 Å². The minimum Gasteiger partial charge on any atom is -0.353 e. The Kier molecular flexibility index (Phi) is 4.22. The number of carbonyl (C=O) groups is 1. The maximum Gasteiger partial charge on any atom is 0.253 e. The van der Waals surface area contributed by atoms with Crippen LogP contribution in [0.2, 0.25) is 5.02 Å². The van der Waals surface area contributed by atoms with Gasteiger partial charge in [0, 0.05) is 18.1 Å². The normalized spacial score (nSPS) is 19.9. The lowest BCUT2D eigenvalue weighted by atomic mass is 10.0. The standard InChI is InChI=1S/C14H13ClN2O3S2/c15-11-5-2-1-4-10(11)13-14(18)16-7-8-17(13)22(19,20)12-6-3-9-21-12/h1-6,9,13H,7-8H2,(H,16,18). The lowest BCUT2D eigenvalue weighted by Gasteiger charge is -2.34. The molecule has 1 atom stereocenters. The second-order valence-electron chi connectivity index (χ2n) is 4.76. The molecule has 3 rings (SSSR count). The first-order chi connectivity index (χ1) is 10.5. The average molecular weight is 357 g/mol. The molecule has 0 spiro atoms. The number of sulfonamides is 1. The molecule has 2 heterocycles. The van der Waals surface area contributed by atoms with Crippen molar-refractivity contribution in [2.75, 3.05) is 13.1 Å². The molecule has 1 aliphatic heterocycles. The fraction of sp³-hybridized carbons (Fsp3) is 0.214. The zero-order valence-electron chi connectivity index (χ0n) is 11.4. The van der Waals surface area contributed by atoms with Crippen molar-refractivity contribution in [3.8, 4) is 0 Å². The molecule has 1 aliphatic rings. The largest absolute Gasteiger partial charge is 0.353 e. The van der Waals surface area contributed by atoms with Crippen LogP contribution in [0.1, 0.15) is 11.6 Å². The predicted molar refractivity (Wildman–Crippen MR) is 85.4 cm³/mol. The van der Waals surface area contributed by atoms with E-state index < -0.39 is 16.1 Å². The van der Waals surface area contributed by atoms with E-state index in [2.05, 4.69) is 5.32 Å². The molecule has 1 aromatic carbocycles. The highest BCUT2D eigenvalue weighted by Crippen LogP contribution is 2.34. The van der Waals surface area contributed by atoms with Gasteiger partial charge in [-0.15, -0.1) is 11.3 Å². The van der Waals surface area contributed by atoms with Crippen LogP contribution < -0.4 is 5.32 Å². The average Bonchev–Trinajstić information content (AvgIpc) is 3.03. The highest BCUT2D eigenvalue weighted by Gasteiger charge is 2.40. The van der Waals surface area contributed by atoms with Crippen molar-refractivity contribution >= 4 is 38.9 Å². The Bertz CT molecular complexity index is 790. The summed E-state index contributed by atoms with van der Waals surface area (Å²) >= 11 is 7.30. The number of piperazine rings is 1. The summed E-state index contributed by atoms with van der Waals surface area (Å²) in [7, 11) is -3.73. The molecule has 22 heavy (non-hydrogen) atoms. The molecule has 2 aromatic rings. The number of thiophene rings is 1. The molecule has 1 unspecified atom stereocenters. The van der Waals surface area contributed by atoms with Crippen LogP contribution in [0.4, 0.5) is 0 Å². The summed E-state index contributed by atoms with van der Waals surface area (Å²) in [4.78, 5) is 12.3. The van der Waals surface area contributed by atoms with Gasteiger partial charge in [-0.25, -0.2) is 8.42 Å². The number of hydrogen-bond donors (Lipinski definition) is 1. The molecule has 0 saturated carbocycles. The molecule has 116 valence electrons. The van der Waals surface area contributed by atoms with Crippen molar-refractivity contribution in [3.63, 3.8) is 0 Å². The quantitative estimate of drug-likeness (QED) is 0.917. The molecule has 1 N–H and O–H groups in total. The SMILES string of the molecule is O=C1NCCN(S(=O)(=O)c2cccs2)C1c1ccccc1Cl. The van der Waals surface area contributed by atoms with Gasteiger partial charge in [0.05, 0.1) is 0 Å². The molecule has 1 saturated heterocycles. The summed E-state index contributed by atoms with van der Waals surface area (Å²) in [5.41, 5.74) is 0.487. The Morgan fingerprint density at radius 2 is 2.00 bits per heavy atom. The molecule has 5 nitrogen and oxygen atoms in total. The van der Waals surface area contributed by atoms with Crippen LogP contribution in [0.25, 0.3) is 0 Å². The fourth-order valence-electron chi connectivity index (χ4n) is 2.42.